The maximum absolute atomic E-state index is 13.7. The summed E-state index contributed by atoms with van der Waals surface area (Å²) < 4.78 is 23.3. The first-order valence-corrected chi connectivity index (χ1v) is 9.93. The summed E-state index contributed by atoms with van der Waals surface area (Å²) >= 11 is 0. The van der Waals surface area contributed by atoms with Crippen molar-refractivity contribution < 1.29 is 28.2 Å². The molecule has 0 N–H and O–H groups in total. The maximum atomic E-state index is 13.7. The summed E-state index contributed by atoms with van der Waals surface area (Å²) in [6.07, 6.45) is 2.00. The number of carbonyl (C=O) groups excluding carboxylic acids is 3. The highest BCUT2D eigenvalue weighted by Gasteiger charge is 2.24. The molecule has 7 nitrogen and oxygen atoms in total. The van der Waals surface area contributed by atoms with E-state index in [2.05, 4.69) is 0 Å². The van der Waals surface area contributed by atoms with E-state index in [1.54, 1.807) is 47.1 Å². The zero-order valence-electron chi connectivity index (χ0n) is 17.1. The molecule has 0 bridgehead atoms. The number of piperazine rings is 1. The molecular weight excluding hydrogens is 403 g/mol. The lowest BCUT2D eigenvalue weighted by atomic mass is 10.1. The van der Waals surface area contributed by atoms with Crippen molar-refractivity contribution in [2.45, 2.75) is 6.92 Å². The monoisotopic (exact) mass is 426 g/mol. The zero-order chi connectivity index (χ0) is 22.2. The highest BCUT2D eigenvalue weighted by molar-refractivity contribution is 5.95. The Kier molecular flexibility index (Phi) is 7.37. The van der Waals surface area contributed by atoms with E-state index in [1.165, 1.54) is 30.4 Å². The van der Waals surface area contributed by atoms with E-state index in [1.807, 2.05) is 0 Å². The number of hydrogen-bond donors (Lipinski definition) is 0. The quantitative estimate of drug-likeness (QED) is 0.416. The van der Waals surface area contributed by atoms with E-state index >= 15 is 0 Å². The lowest BCUT2D eigenvalue weighted by Gasteiger charge is -2.34. The second kappa shape index (κ2) is 10.4. The molecule has 0 aliphatic carbocycles. The van der Waals surface area contributed by atoms with Crippen LogP contribution >= 0.6 is 0 Å². The number of ether oxygens (including phenoxy) is 2. The maximum Gasteiger partial charge on any atom is 0.513 e. The minimum absolute atomic E-state index is 0.170. The molecule has 0 radical (unpaired) electrons. The smallest absolute Gasteiger partial charge is 0.434 e. The van der Waals surface area contributed by atoms with Crippen molar-refractivity contribution in [3.05, 3.63) is 71.6 Å². The van der Waals surface area contributed by atoms with Gasteiger partial charge >= 0.3 is 6.16 Å². The molecule has 1 saturated heterocycles. The predicted molar refractivity (Wildman–Crippen MR) is 112 cm³/mol. The van der Waals surface area contributed by atoms with Gasteiger partial charge in [0.05, 0.1) is 6.61 Å². The molecule has 2 aromatic carbocycles. The molecule has 8 heteroatoms. The van der Waals surface area contributed by atoms with Gasteiger partial charge in [-0.1, -0.05) is 18.2 Å². The summed E-state index contributed by atoms with van der Waals surface area (Å²) in [5.74, 6) is -0.500. The topological polar surface area (TPSA) is 76.2 Å². The van der Waals surface area contributed by atoms with Crippen LogP contribution in [0.4, 0.5) is 9.18 Å². The molecule has 0 aromatic heterocycles. The van der Waals surface area contributed by atoms with Gasteiger partial charge in [0.15, 0.2) is 0 Å². The van der Waals surface area contributed by atoms with Crippen LogP contribution in [0, 0.1) is 5.82 Å². The van der Waals surface area contributed by atoms with Gasteiger partial charge in [-0.3, -0.25) is 9.59 Å². The number of halogens is 1. The average molecular weight is 426 g/mol. The van der Waals surface area contributed by atoms with Gasteiger partial charge in [0.25, 0.3) is 5.91 Å². The number of amides is 2. The van der Waals surface area contributed by atoms with Gasteiger partial charge < -0.3 is 19.3 Å². The Morgan fingerprint density at radius 1 is 0.968 bits per heavy atom. The van der Waals surface area contributed by atoms with Gasteiger partial charge in [0, 0.05) is 43.4 Å². The van der Waals surface area contributed by atoms with Gasteiger partial charge in [0.1, 0.15) is 11.6 Å². The van der Waals surface area contributed by atoms with Crippen LogP contribution < -0.4 is 4.74 Å². The molecule has 1 heterocycles. The van der Waals surface area contributed by atoms with Crippen LogP contribution in [0.3, 0.4) is 0 Å². The third-order valence-corrected chi connectivity index (χ3v) is 4.75. The molecule has 2 amide bonds. The molecule has 1 aliphatic rings. The van der Waals surface area contributed by atoms with Crippen molar-refractivity contribution >= 4 is 24.0 Å². The minimum Gasteiger partial charge on any atom is -0.434 e. The Bertz CT molecular complexity index is 966. The molecule has 162 valence electrons. The van der Waals surface area contributed by atoms with Crippen LogP contribution in [0.1, 0.15) is 22.8 Å². The SMILES string of the molecule is CCOC(=O)Oc1ccc(C(=O)N2CCN(C(=O)/C=C/c3ccccc3F)CC2)cc1. The lowest BCUT2D eigenvalue weighted by Crippen LogP contribution is -2.50. The Morgan fingerprint density at radius 3 is 2.26 bits per heavy atom. The average Bonchev–Trinajstić information content (AvgIpc) is 2.78. The zero-order valence-corrected chi connectivity index (χ0v) is 17.1. The first-order valence-electron chi connectivity index (χ1n) is 9.93. The molecule has 0 atom stereocenters. The Balaban J connectivity index is 1.52. The van der Waals surface area contributed by atoms with Crippen molar-refractivity contribution in [1.29, 1.82) is 0 Å². The van der Waals surface area contributed by atoms with Crippen molar-refractivity contribution in [3.8, 4) is 5.75 Å². The Hall–Kier alpha value is -3.68. The van der Waals surface area contributed by atoms with Gasteiger partial charge in [-0.05, 0) is 43.3 Å². The van der Waals surface area contributed by atoms with Crippen LogP contribution in [-0.2, 0) is 9.53 Å². The Morgan fingerprint density at radius 2 is 1.61 bits per heavy atom. The lowest BCUT2D eigenvalue weighted by molar-refractivity contribution is -0.127. The number of hydrogen-bond acceptors (Lipinski definition) is 5. The molecule has 0 unspecified atom stereocenters. The molecular formula is C23H23FN2O5. The van der Waals surface area contributed by atoms with E-state index in [9.17, 15) is 18.8 Å². The fraction of sp³-hybridized carbons (Fsp3) is 0.261. The van der Waals surface area contributed by atoms with E-state index in [0.717, 1.165) is 0 Å². The van der Waals surface area contributed by atoms with Crippen LogP contribution in [0.5, 0.6) is 5.75 Å². The fourth-order valence-electron chi connectivity index (χ4n) is 3.10. The summed E-state index contributed by atoms with van der Waals surface area (Å²) in [5, 5.41) is 0. The molecule has 1 fully saturated rings. The first kappa shape index (κ1) is 22.0. The van der Waals surface area contributed by atoms with Gasteiger partial charge in [-0.2, -0.15) is 0 Å². The van der Waals surface area contributed by atoms with Crippen molar-refractivity contribution in [1.82, 2.24) is 9.80 Å². The first-order chi connectivity index (χ1) is 15.0. The molecule has 2 aromatic rings. The second-order valence-corrected chi connectivity index (χ2v) is 6.78. The molecule has 0 spiro atoms. The minimum atomic E-state index is -0.800. The van der Waals surface area contributed by atoms with Crippen molar-refractivity contribution in [2.75, 3.05) is 32.8 Å². The Labute approximate surface area is 179 Å². The number of benzene rings is 2. The van der Waals surface area contributed by atoms with E-state index in [4.69, 9.17) is 9.47 Å². The predicted octanol–water partition coefficient (Wildman–Crippen LogP) is 3.36. The summed E-state index contributed by atoms with van der Waals surface area (Å²) in [4.78, 5) is 39.7. The molecule has 0 saturated carbocycles. The second-order valence-electron chi connectivity index (χ2n) is 6.78. The number of rotatable bonds is 5. The van der Waals surface area contributed by atoms with Crippen molar-refractivity contribution in [2.24, 2.45) is 0 Å². The van der Waals surface area contributed by atoms with Crippen LogP contribution in [-0.4, -0.2) is 60.6 Å². The normalized spacial score (nSPS) is 13.9. The highest BCUT2D eigenvalue weighted by atomic mass is 19.1. The highest BCUT2D eigenvalue weighted by Crippen LogP contribution is 2.16. The molecule has 3 rings (SSSR count). The van der Waals surface area contributed by atoms with Crippen LogP contribution in [0.25, 0.3) is 6.08 Å². The third-order valence-electron chi connectivity index (χ3n) is 4.75. The summed E-state index contributed by atoms with van der Waals surface area (Å²) in [6, 6.07) is 12.4. The molecule has 1 aliphatic heterocycles. The fourth-order valence-corrected chi connectivity index (χ4v) is 3.10. The summed E-state index contributed by atoms with van der Waals surface area (Å²) in [7, 11) is 0. The van der Waals surface area contributed by atoms with Gasteiger partial charge in [-0.15, -0.1) is 0 Å². The van der Waals surface area contributed by atoms with E-state index in [0.29, 0.717) is 37.3 Å². The largest absolute Gasteiger partial charge is 0.513 e. The summed E-state index contributed by atoms with van der Waals surface area (Å²) in [6.45, 7) is 3.43. The molecule has 31 heavy (non-hydrogen) atoms. The van der Waals surface area contributed by atoms with Gasteiger partial charge in [0.2, 0.25) is 5.91 Å². The number of nitrogens with zero attached hydrogens (tertiary/aromatic N) is 2. The van der Waals surface area contributed by atoms with Crippen LogP contribution in [0.2, 0.25) is 0 Å². The van der Waals surface area contributed by atoms with Crippen molar-refractivity contribution in [3.63, 3.8) is 0 Å². The third kappa shape index (κ3) is 5.91. The summed E-state index contributed by atoms with van der Waals surface area (Å²) in [5.41, 5.74) is 0.801. The van der Waals surface area contributed by atoms with E-state index < -0.39 is 6.16 Å². The standard InChI is InChI=1S/C23H23FN2O5/c1-2-30-23(29)31-19-10-7-18(8-11-19)22(28)26-15-13-25(14-16-26)21(27)12-9-17-5-3-4-6-20(17)24/h3-12H,2,13-16H2,1H3/b12-9+. The van der Waals surface area contributed by atoms with E-state index in [-0.39, 0.29) is 30.0 Å². The number of carbonyl (C=O) groups is 3. The van der Waals surface area contributed by atoms with Crippen LogP contribution in [0.15, 0.2) is 54.6 Å². The van der Waals surface area contributed by atoms with Gasteiger partial charge in [-0.25, -0.2) is 9.18 Å².